The van der Waals surface area contributed by atoms with Crippen LogP contribution >= 0.6 is 0 Å². The molecule has 3 aromatic rings. The van der Waals surface area contributed by atoms with Crippen molar-refractivity contribution < 1.29 is 18.0 Å². The van der Waals surface area contributed by atoms with Crippen molar-refractivity contribution in [2.24, 2.45) is 11.7 Å². The van der Waals surface area contributed by atoms with Gasteiger partial charge in [-0.1, -0.05) is 117 Å². The van der Waals surface area contributed by atoms with Gasteiger partial charge < -0.3 is 11.1 Å². The van der Waals surface area contributed by atoms with Crippen molar-refractivity contribution in [3.63, 3.8) is 0 Å². The van der Waals surface area contributed by atoms with E-state index >= 15 is 0 Å². The van der Waals surface area contributed by atoms with Crippen LogP contribution in [0.1, 0.15) is 79.5 Å². The molecule has 1 aliphatic carbocycles. The molecule has 43 heavy (non-hydrogen) atoms. The maximum atomic E-state index is 13.9. The lowest BCUT2D eigenvalue weighted by molar-refractivity contribution is -0.128. The Labute approximate surface area is 255 Å². The third kappa shape index (κ3) is 10.2. The summed E-state index contributed by atoms with van der Waals surface area (Å²) in [5.74, 6) is -1.39. The molecule has 1 aliphatic rings. The lowest BCUT2D eigenvalue weighted by Gasteiger charge is -2.26. The Morgan fingerprint density at radius 2 is 1.49 bits per heavy atom. The summed E-state index contributed by atoms with van der Waals surface area (Å²) in [6.45, 7) is 0. The maximum Gasteiger partial charge on any atom is 0.229 e. The van der Waals surface area contributed by atoms with Crippen LogP contribution in [0.5, 0.6) is 0 Å². The molecule has 228 valence electrons. The minimum Gasteiger partial charge on any atom is -0.384 e. The number of aryl methyl sites for hydroxylation is 1. The third-order valence-electron chi connectivity index (χ3n) is 8.39. The number of sulfone groups is 1. The zero-order valence-corrected chi connectivity index (χ0v) is 25.5. The highest BCUT2D eigenvalue weighted by molar-refractivity contribution is 7.90. The molecular formula is C35H43N3O4S. The first-order chi connectivity index (χ1) is 20.7. The van der Waals surface area contributed by atoms with Crippen molar-refractivity contribution >= 4 is 27.4 Å². The molecule has 2 atom stereocenters. The molecular weight excluding hydrogens is 558 g/mol. The maximum absolute atomic E-state index is 13.9. The second-order valence-corrected chi connectivity index (χ2v) is 13.8. The number of carbonyl (C=O) groups excluding carboxylic acids is 2. The number of benzene rings is 3. The molecule has 0 bridgehead atoms. The molecule has 3 aromatic carbocycles. The normalized spacial score (nSPS) is 15.3. The zero-order chi connectivity index (χ0) is 30.7. The van der Waals surface area contributed by atoms with Gasteiger partial charge in [0.15, 0.2) is 15.6 Å². The van der Waals surface area contributed by atoms with Gasteiger partial charge in [-0.25, -0.2) is 8.42 Å². The molecule has 4 N–H and O–H groups in total. The fourth-order valence-electron chi connectivity index (χ4n) is 5.91. The zero-order valence-electron chi connectivity index (χ0n) is 24.7. The summed E-state index contributed by atoms with van der Waals surface area (Å²) in [4.78, 5) is 27.5. The van der Waals surface area contributed by atoms with Crippen molar-refractivity contribution in [3.8, 4) is 0 Å². The van der Waals surface area contributed by atoms with Crippen LogP contribution in [-0.4, -0.2) is 37.7 Å². The third-order valence-corrected chi connectivity index (χ3v) is 10.0. The van der Waals surface area contributed by atoms with Crippen LogP contribution in [0.15, 0.2) is 84.9 Å². The summed E-state index contributed by atoms with van der Waals surface area (Å²) in [7, 11) is -3.64. The van der Waals surface area contributed by atoms with Crippen LogP contribution in [0.3, 0.4) is 0 Å². The van der Waals surface area contributed by atoms with Crippen molar-refractivity contribution in [1.82, 2.24) is 5.32 Å². The van der Waals surface area contributed by atoms with Gasteiger partial charge >= 0.3 is 0 Å². The number of hydrogen-bond acceptors (Lipinski definition) is 5. The molecule has 1 fully saturated rings. The van der Waals surface area contributed by atoms with Crippen LogP contribution < -0.4 is 11.1 Å². The first kappa shape index (κ1) is 32.1. The van der Waals surface area contributed by atoms with Crippen LogP contribution in [-0.2, 0) is 31.6 Å². The van der Waals surface area contributed by atoms with Gasteiger partial charge in [0.05, 0.1) is 23.5 Å². The van der Waals surface area contributed by atoms with E-state index in [0.29, 0.717) is 35.4 Å². The van der Waals surface area contributed by atoms with Gasteiger partial charge in [-0.15, -0.1) is 0 Å². The second kappa shape index (κ2) is 15.6. The Balaban J connectivity index is 1.50. The van der Waals surface area contributed by atoms with Crippen molar-refractivity contribution in [2.45, 2.75) is 75.5 Å². The second-order valence-electron chi connectivity index (χ2n) is 11.7. The Hall–Kier alpha value is -3.78. The average molecular weight is 602 g/mol. The van der Waals surface area contributed by atoms with Gasteiger partial charge in [-0.05, 0) is 41.9 Å². The minimum atomic E-state index is -3.64. The Morgan fingerprint density at radius 1 is 0.860 bits per heavy atom. The SMILES string of the molecule is N=C(N)c1ccc(CCC(=O)[C@H](CCC2CCCCC2)NC(=O)[C@H](CS(=O)(=O)Cc2ccccc2)c2ccccc2)cc1. The van der Waals surface area contributed by atoms with E-state index in [1.165, 1.54) is 19.3 Å². The summed E-state index contributed by atoms with van der Waals surface area (Å²) >= 11 is 0. The van der Waals surface area contributed by atoms with Gasteiger partial charge in [-0.2, -0.15) is 0 Å². The van der Waals surface area contributed by atoms with E-state index in [1.807, 2.05) is 24.3 Å². The summed E-state index contributed by atoms with van der Waals surface area (Å²) < 4.78 is 26.6. The van der Waals surface area contributed by atoms with E-state index in [0.717, 1.165) is 24.8 Å². The number of ketones is 1. The molecule has 0 unspecified atom stereocenters. The summed E-state index contributed by atoms with van der Waals surface area (Å²) in [6, 6.07) is 24.5. The number of nitrogens with one attached hydrogen (secondary N) is 2. The first-order valence-corrected chi connectivity index (χ1v) is 17.1. The fraction of sp³-hybridized carbons (Fsp3) is 0.400. The predicted molar refractivity (Wildman–Crippen MR) is 172 cm³/mol. The highest BCUT2D eigenvalue weighted by Gasteiger charge is 2.31. The standard InChI is InChI=1S/C35H43N3O4S/c36-34(37)30-20-16-27(17-21-30)19-23-33(39)32(22-18-26-10-4-1-5-11-26)38-35(40)31(29-14-8-3-9-15-29)25-43(41,42)24-28-12-6-2-7-13-28/h2-3,6-9,12-17,20-21,26,31-32H,1,4-5,10-11,18-19,22-25H2,(H3,36,37)(H,38,40)/t31-,32+/m1/s1. The van der Waals surface area contributed by atoms with Crippen molar-refractivity contribution in [1.29, 1.82) is 5.41 Å². The van der Waals surface area contributed by atoms with Crippen molar-refractivity contribution in [3.05, 3.63) is 107 Å². The van der Waals surface area contributed by atoms with Crippen LogP contribution in [0.25, 0.3) is 0 Å². The number of Topliss-reactive ketones (excluding diaryl/α,β-unsaturated/α-hetero) is 1. The van der Waals surface area contributed by atoms with Crippen molar-refractivity contribution in [2.75, 3.05) is 5.75 Å². The molecule has 0 saturated heterocycles. The molecule has 0 heterocycles. The molecule has 0 aromatic heterocycles. The smallest absolute Gasteiger partial charge is 0.229 e. The van der Waals surface area contributed by atoms with E-state index in [4.69, 9.17) is 11.1 Å². The van der Waals surface area contributed by atoms with E-state index in [9.17, 15) is 18.0 Å². The Morgan fingerprint density at radius 3 is 2.12 bits per heavy atom. The summed E-state index contributed by atoms with van der Waals surface area (Å²) in [5.41, 5.74) is 8.42. The molecule has 8 heteroatoms. The summed E-state index contributed by atoms with van der Waals surface area (Å²) in [6.07, 6.45) is 8.06. The van der Waals surface area contributed by atoms with E-state index in [-0.39, 0.29) is 29.5 Å². The highest BCUT2D eigenvalue weighted by Crippen LogP contribution is 2.28. The van der Waals surface area contributed by atoms with Gasteiger partial charge in [0.1, 0.15) is 5.84 Å². The summed E-state index contributed by atoms with van der Waals surface area (Å²) in [5, 5.41) is 10.6. The molecule has 0 spiro atoms. The molecule has 4 rings (SSSR count). The van der Waals surface area contributed by atoms with Gasteiger partial charge in [0.2, 0.25) is 5.91 Å². The number of amides is 1. The first-order valence-electron chi connectivity index (χ1n) is 15.3. The lowest BCUT2D eigenvalue weighted by atomic mass is 9.84. The van der Waals surface area contributed by atoms with E-state index < -0.39 is 27.7 Å². The fourth-order valence-corrected chi connectivity index (χ4v) is 7.58. The Bertz CT molecular complexity index is 1450. The topological polar surface area (TPSA) is 130 Å². The number of nitrogen functional groups attached to an aromatic ring is 1. The van der Waals surface area contributed by atoms with Crippen LogP contribution in [0.4, 0.5) is 0 Å². The predicted octanol–water partition coefficient (Wildman–Crippen LogP) is 5.72. The largest absolute Gasteiger partial charge is 0.384 e. The van der Waals surface area contributed by atoms with Crippen LogP contribution in [0, 0.1) is 11.3 Å². The lowest BCUT2D eigenvalue weighted by Crippen LogP contribution is -2.44. The average Bonchev–Trinajstić information content (AvgIpc) is 3.02. The molecule has 7 nitrogen and oxygen atoms in total. The number of nitrogens with two attached hydrogens (primary N) is 1. The molecule has 0 aliphatic heterocycles. The molecule has 1 amide bonds. The number of rotatable bonds is 15. The van der Waals surface area contributed by atoms with E-state index in [2.05, 4.69) is 5.32 Å². The number of hydrogen-bond donors (Lipinski definition) is 3. The minimum absolute atomic E-state index is 0.00753. The Kier molecular flexibility index (Phi) is 11.7. The molecule has 0 radical (unpaired) electrons. The number of amidine groups is 1. The van der Waals surface area contributed by atoms with Gasteiger partial charge in [-0.3, -0.25) is 15.0 Å². The van der Waals surface area contributed by atoms with E-state index in [1.54, 1.807) is 60.7 Å². The highest BCUT2D eigenvalue weighted by atomic mass is 32.2. The van der Waals surface area contributed by atoms with Crippen LogP contribution in [0.2, 0.25) is 0 Å². The molecule has 1 saturated carbocycles. The monoisotopic (exact) mass is 601 g/mol. The quantitative estimate of drug-likeness (QED) is 0.152. The van der Waals surface area contributed by atoms with Gasteiger partial charge in [0.25, 0.3) is 0 Å². The van der Waals surface area contributed by atoms with Gasteiger partial charge in [0, 0.05) is 12.0 Å². The number of carbonyl (C=O) groups is 2.